The fourth-order valence-corrected chi connectivity index (χ4v) is 3.95. The molecule has 3 rings (SSSR count). The van der Waals surface area contributed by atoms with Crippen molar-refractivity contribution >= 4 is 43.2 Å². The van der Waals surface area contributed by atoms with E-state index in [2.05, 4.69) is 26.0 Å². The number of sulfonamides is 1. The lowest BCUT2D eigenvalue weighted by molar-refractivity contribution is 0.102. The average Bonchev–Trinajstić information content (AvgIpc) is 2.68. The Balaban J connectivity index is 1.79. The lowest BCUT2D eigenvalue weighted by Crippen LogP contribution is -2.16. The molecule has 0 saturated heterocycles. The number of ether oxygens (including phenoxy) is 1. The van der Waals surface area contributed by atoms with E-state index in [0.29, 0.717) is 17.1 Å². The molecule has 0 radical (unpaired) electrons. The van der Waals surface area contributed by atoms with Crippen LogP contribution in [0.3, 0.4) is 0 Å². The fourth-order valence-electron chi connectivity index (χ4n) is 2.45. The molecule has 0 unspecified atom stereocenters. The summed E-state index contributed by atoms with van der Waals surface area (Å²) in [5.41, 5.74) is 1.23. The Morgan fingerprint density at radius 2 is 1.64 bits per heavy atom. The van der Waals surface area contributed by atoms with Crippen LogP contribution in [0.15, 0.2) is 82.2 Å². The zero-order valence-corrected chi connectivity index (χ0v) is 17.2. The molecule has 2 N–H and O–H groups in total. The number of benzene rings is 3. The number of carbonyl (C=O) groups excluding carboxylic acids is 1. The highest BCUT2D eigenvalue weighted by atomic mass is 79.9. The molecule has 0 aliphatic rings. The van der Waals surface area contributed by atoms with Crippen molar-refractivity contribution in [3.63, 3.8) is 0 Å². The number of anilines is 2. The van der Waals surface area contributed by atoms with Gasteiger partial charge in [0.15, 0.2) is 0 Å². The third-order valence-corrected chi connectivity index (χ3v) is 5.70. The van der Waals surface area contributed by atoms with Crippen molar-refractivity contribution < 1.29 is 17.9 Å². The van der Waals surface area contributed by atoms with Gasteiger partial charge in [0.1, 0.15) is 5.75 Å². The van der Waals surface area contributed by atoms with E-state index in [-0.39, 0.29) is 10.5 Å². The number of halogens is 1. The van der Waals surface area contributed by atoms with E-state index in [1.54, 1.807) is 48.5 Å². The van der Waals surface area contributed by atoms with Crippen molar-refractivity contribution in [2.45, 2.75) is 4.90 Å². The van der Waals surface area contributed by atoms with Gasteiger partial charge in [0.05, 0.1) is 12.0 Å². The topological polar surface area (TPSA) is 84.5 Å². The van der Waals surface area contributed by atoms with Crippen LogP contribution in [0, 0.1) is 0 Å². The van der Waals surface area contributed by atoms with Gasteiger partial charge in [-0.25, -0.2) is 8.42 Å². The summed E-state index contributed by atoms with van der Waals surface area (Å²) < 4.78 is 33.7. The Morgan fingerprint density at radius 3 is 2.32 bits per heavy atom. The molecule has 3 aromatic carbocycles. The fraction of sp³-hybridized carbons (Fsp3) is 0.0500. The lowest BCUT2D eigenvalue weighted by atomic mass is 10.2. The highest BCUT2D eigenvalue weighted by Crippen LogP contribution is 2.21. The molecule has 28 heavy (non-hydrogen) atoms. The first-order valence-electron chi connectivity index (χ1n) is 8.21. The minimum Gasteiger partial charge on any atom is -0.497 e. The van der Waals surface area contributed by atoms with Crippen LogP contribution in [0.25, 0.3) is 0 Å². The molecule has 0 spiro atoms. The van der Waals surface area contributed by atoms with Crippen LogP contribution < -0.4 is 14.8 Å². The Labute approximate surface area is 171 Å². The largest absolute Gasteiger partial charge is 0.497 e. The molecule has 0 aromatic heterocycles. The summed E-state index contributed by atoms with van der Waals surface area (Å²) in [6.07, 6.45) is 0. The van der Waals surface area contributed by atoms with Gasteiger partial charge in [-0.3, -0.25) is 9.52 Å². The summed E-state index contributed by atoms with van der Waals surface area (Å²) >= 11 is 3.34. The van der Waals surface area contributed by atoms with E-state index in [1.165, 1.54) is 25.3 Å². The molecule has 0 aliphatic heterocycles. The molecule has 8 heteroatoms. The summed E-state index contributed by atoms with van der Waals surface area (Å²) in [7, 11) is -2.32. The first kappa shape index (κ1) is 19.9. The summed E-state index contributed by atoms with van der Waals surface area (Å²) in [6.45, 7) is 0. The molecule has 0 heterocycles. The van der Waals surface area contributed by atoms with Crippen molar-refractivity contribution in [1.29, 1.82) is 0 Å². The maximum Gasteiger partial charge on any atom is 0.261 e. The minimum atomic E-state index is -3.85. The van der Waals surface area contributed by atoms with Crippen molar-refractivity contribution in [2.24, 2.45) is 0 Å². The molecule has 144 valence electrons. The van der Waals surface area contributed by atoms with Gasteiger partial charge in [-0.2, -0.15) is 0 Å². The van der Waals surface area contributed by atoms with Crippen LogP contribution in [0.5, 0.6) is 5.75 Å². The predicted molar refractivity (Wildman–Crippen MR) is 112 cm³/mol. The Bertz CT molecular complexity index is 1100. The van der Waals surface area contributed by atoms with Crippen molar-refractivity contribution in [1.82, 2.24) is 0 Å². The zero-order valence-electron chi connectivity index (χ0n) is 14.8. The van der Waals surface area contributed by atoms with Crippen LogP contribution >= 0.6 is 15.9 Å². The predicted octanol–water partition coefficient (Wildman–Crippen LogP) is 4.51. The SMILES string of the molecule is COc1ccc(NS(=O)(=O)c2cccc(C(=O)Nc3cccc(Br)c3)c2)cc1. The number of amides is 1. The number of nitrogens with one attached hydrogen (secondary N) is 2. The zero-order chi connectivity index (χ0) is 20.1. The molecule has 3 aromatic rings. The summed E-state index contributed by atoms with van der Waals surface area (Å²) in [4.78, 5) is 12.5. The van der Waals surface area contributed by atoms with Gasteiger partial charge in [-0.05, 0) is 60.7 Å². The van der Waals surface area contributed by atoms with Crippen LogP contribution in [-0.2, 0) is 10.0 Å². The number of rotatable bonds is 6. The molecule has 0 atom stereocenters. The van der Waals surface area contributed by atoms with Gasteiger partial charge >= 0.3 is 0 Å². The molecule has 1 amide bonds. The van der Waals surface area contributed by atoms with Crippen LogP contribution in [0.4, 0.5) is 11.4 Å². The summed E-state index contributed by atoms with van der Waals surface area (Å²) in [6, 6.07) is 19.5. The highest BCUT2D eigenvalue weighted by Gasteiger charge is 2.17. The van der Waals surface area contributed by atoms with E-state index >= 15 is 0 Å². The molecule has 6 nitrogen and oxygen atoms in total. The molecule has 0 bridgehead atoms. The number of carbonyl (C=O) groups is 1. The summed E-state index contributed by atoms with van der Waals surface area (Å²) in [5, 5.41) is 2.74. The minimum absolute atomic E-state index is 0.00906. The maximum atomic E-state index is 12.7. The van der Waals surface area contributed by atoms with Gasteiger partial charge < -0.3 is 10.1 Å². The second-order valence-corrected chi connectivity index (χ2v) is 8.42. The van der Waals surface area contributed by atoms with Crippen LogP contribution in [0.2, 0.25) is 0 Å². The van der Waals surface area contributed by atoms with E-state index < -0.39 is 15.9 Å². The van der Waals surface area contributed by atoms with Gasteiger partial charge in [0.25, 0.3) is 15.9 Å². The molecular formula is C20H17BrN2O4S. The standard InChI is InChI=1S/C20H17BrN2O4S/c1-27-18-10-8-16(9-11-18)23-28(25,26)19-7-2-4-14(12-19)20(24)22-17-6-3-5-15(21)13-17/h2-13,23H,1H3,(H,22,24). The third-order valence-electron chi connectivity index (χ3n) is 3.83. The Hall–Kier alpha value is -2.84. The third kappa shape index (κ3) is 4.90. The van der Waals surface area contributed by atoms with E-state index in [4.69, 9.17) is 4.74 Å². The molecular weight excluding hydrogens is 444 g/mol. The van der Waals surface area contributed by atoms with Crippen LogP contribution in [-0.4, -0.2) is 21.4 Å². The average molecular weight is 461 g/mol. The quantitative estimate of drug-likeness (QED) is 0.566. The van der Waals surface area contributed by atoms with Crippen LogP contribution in [0.1, 0.15) is 10.4 Å². The Morgan fingerprint density at radius 1 is 0.929 bits per heavy atom. The van der Waals surface area contributed by atoms with E-state index in [1.807, 2.05) is 6.07 Å². The maximum absolute atomic E-state index is 12.7. The normalized spacial score (nSPS) is 10.9. The first-order chi connectivity index (χ1) is 13.4. The molecule has 0 saturated carbocycles. The van der Waals surface area contributed by atoms with E-state index in [9.17, 15) is 13.2 Å². The Kier molecular flexibility index (Phi) is 6.01. The summed E-state index contributed by atoms with van der Waals surface area (Å²) in [5.74, 6) is 0.216. The number of methoxy groups -OCH3 is 1. The first-order valence-corrected chi connectivity index (χ1v) is 10.5. The molecule has 0 aliphatic carbocycles. The van der Waals surface area contributed by atoms with Gasteiger partial charge in [-0.1, -0.05) is 28.1 Å². The van der Waals surface area contributed by atoms with Crippen molar-refractivity contribution in [2.75, 3.05) is 17.1 Å². The highest BCUT2D eigenvalue weighted by molar-refractivity contribution is 9.10. The second kappa shape index (κ2) is 8.45. The number of hydrogen-bond acceptors (Lipinski definition) is 4. The smallest absolute Gasteiger partial charge is 0.261 e. The van der Waals surface area contributed by atoms with Gasteiger partial charge in [-0.15, -0.1) is 0 Å². The van der Waals surface area contributed by atoms with Gasteiger partial charge in [0.2, 0.25) is 0 Å². The van der Waals surface area contributed by atoms with Gasteiger partial charge in [0, 0.05) is 21.4 Å². The van der Waals surface area contributed by atoms with Crippen molar-refractivity contribution in [3.05, 3.63) is 82.8 Å². The van der Waals surface area contributed by atoms with E-state index in [0.717, 1.165) is 4.47 Å². The monoisotopic (exact) mass is 460 g/mol. The molecule has 0 fully saturated rings. The van der Waals surface area contributed by atoms with Crippen molar-refractivity contribution in [3.8, 4) is 5.75 Å². The lowest BCUT2D eigenvalue weighted by Gasteiger charge is -2.10. The second-order valence-electron chi connectivity index (χ2n) is 5.83. The number of hydrogen-bond donors (Lipinski definition) is 2.